The molecule has 33 heavy (non-hydrogen) atoms. The van der Waals surface area contributed by atoms with Crippen molar-refractivity contribution in [2.75, 3.05) is 24.3 Å². The molecule has 5 rings (SSSR count). The van der Waals surface area contributed by atoms with Crippen LogP contribution in [0.25, 0.3) is 11.4 Å². The molecule has 168 valence electrons. The average molecular weight is 483 g/mol. The SMILES string of the molecule is O=C(CSc1nnc(-c2cccc(Cl)c2)n1Cc1ccco1)Nc1ccc2c(c1)OCCO2. The first kappa shape index (κ1) is 21.4. The molecule has 1 amide bonds. The summed E-state index contributed by atoms with van der Waals surface area (Å²) in [5.74, 6) is 2.67. The van der Waals surface area contributed by atoms with Gasteiger partial charge >= 0.3 is 0 Å². The number of thioether (sulfide) groups is 1. The van der Waals surface area contributed by atoms with E-state index in [4.69, 9.17) is 25.5 Å². The normalized spacial score (nSPS) is 12.5. The fourth-order valence-electron chi connectivity index (χ4n) is 3.39. The van der Waals surface area contributed by atoms with Gasteiger partial charge in [0.2, 0.25) is 5.91 Å². The van der Waals surface area contributed by atoms with Crippen LogP contribution in [0, 0.1) is 0 Å². The van der Waals surface area contributed by atoms with Gasteiger partial charge in [0.15, 0.2) is 22.5 Å². The number of carbonyl (C=O) groups is 1. The number of rotatable bonds is 7. The minimum Gasteiger partial charge on any atom is -0.486 e. The molecule has 1 N–H and O–H groups in total. The van der Waals surface area contributed by atoms with Crippen molar-refractivity contribution in [3.8, 4) is 22.9 Å². The van der Waals surface area contributed by atoms with E-state index >= 15 is 0 Å². The van der Waals surface area contributed by atoms with E-state index in [1.165, 1.54) is 11.8 Å². The van der Waals surface area contributed by atoms with Crippen molar-refractivity contribution in [1.29, 1.82) is 0 Å². The second-order valence-corrected chi connectivity index (χ2v) is 8.56. The van der Waals surface area contributed by atoms with E-state index in [0.29, 0.717) is 52.9 Å². The number of carbonyl (C=O) groups excluding carboxylic acids is 1. The molecule has 0 saturated heterocycles. The van der Waals surface area contributed by atoms with E-state index in [0.717, 1.165) is 11.3 Å². The van der Waals surface area contributed by atoms with Gasteiger partial charge in [0, 0.05) is 22.3 Å². The molecule has 10 heteroatoms. The molecule has 1 aliphatic rings. The quantitative estimate of drug-likeness (QED) is 0.380. The van der Waals surface area contributed by atoms with Crippen LogP contribution in [0.5, 0.6) is 11.5 Å². The number of nitrogens with one attached hydrogen (secondary N) is 1. The monoisotopic (exact) mass is 482 g/mol. The van der Waals surface area contributed by atoms with E-state index in [-0.39, 0.29) is 11.7 Å². The number of furan rings is 1. The van der Waals surface area contributed by atoms with Crippen LogP contribution in [0.1, 0.15) is 5.76 Å². The number of ether oxygens (including phenoxy) is 2. The molecule has 0 radical (unpaired) electrons. The molecule has 0 fully saturated rings. The van der Waals surface area contributed by atoms with Crippen LogP contribution in [0.2, 0.25) is 5.02 Å². The molecule has 3 heterocycles. The van der Waals surface area contributed by atoms with Crippen LogP contribution >= 0.6 is 23.4 Å². The summed E-state index contributed by atoms with van der Waals surface area (Å²) in [6, 6.07) is 16.4. The maximum Gasteiger partial charge on any atom is 0.234 e. The van der Waals surface area contributed by atoms with E-state index in [9.17, 15) is 4.79 Å². The van der Waals surface area contributed by atoms with Gasteiger partial charge in [-0.1, -0.05) is 35.5 Å². The third kappa shape index (κ3) is 4.99. The number of amides is 1. The van der Waals surface area contributed by atoms with E-state index in [2.05, 4.69) is 15.5 Å². The predicted octanol–water partition coefficient (Wildman–Crippen LogP) is 4.74. The Morgan fingerprint density at radius 1 is 1.06 bits per heavy atom. The molecule has 8 nitrogen and oxygen atoms in total. The van der Waals surface area contributed by atoms with Gasteiger partial charge in [-0.15, -0.1) is 10.2 Å². The number of anilines is 1. The highest BCUT2D eigenvalue weighted by molar-refractivity contribution is 7.99. The molecule has 2 aromatic heterocycles. The molecule has 0 saturated carbocycles. The van der Waals surface area contributed by atoms with E-state index in [1.807, 2.05) is 34.9 Å². The summed E-state index contributed by atoms with van der Waals surface area (Å²) in [5, 5.41) is 12.7. The van der Waals surface area contributed by atoms with Crippen molar-refractivity contribution in [2.45, 2.75) is 11.7 Å². The Morgan fingerprint density at radius 2 is 1.94 bits per heavy atom. The molecule has 0 unspecified atom stereocenters. The molecule has 2 aromatic carbocycles. The van der Waals surface area contributed by atoms with Gasteiger partial charge in [-0.3, -0.25) is 9.36 Å². The molecule has 4 aromatic rings. The Bertz CT molecular complexity index is 1280. The van der Waals surface area contributed by atoms with Crippen LogP contribution in [-0.4, -0.2) is 39.6 Å². The Kier molecular flexibility index (Phi) is 6.23. The molecular formula is C23H19ClN4O4S. The zero-order valence-corrected chi connectivity index (χ0v) is 18.9. The summed E-state index contributed by atoms with van der Waals surface area (Å²) in [4.78, 5) is 12.6. The topological polar surface area (TPSA) is 91.4 Å². The van der Waals surface area contributed by atoms with Crippen LogP contribution in [0.3, 0.4) is 0 Å². The lowest BCUT2D eigenvalue weighted by molar-refractivity contribution is -0.113. The molecule has 0 aliphatic carbocycles. The van der Waals surface area contributed by atoms with E-state index in [1.54, 1.807) is 30.5 Å². The standard InChI is InChI=1S/C23H19ClN4O4S/c24-16-4-1-3-15(11-16)22-26-27-23(28(22)13-18-5-2-8-30-18)33-14-21(29)25-17-6-7-19-20(12-17)32-10-9-31-19/h1-8,11-12H,9-10,13-14H2,(H,25,29). The van der Waals surface area contributed by atoms with Crippen molar-refractivity contribution in [3.05, 3.63) is 71.6 Å². The number of benzene rings is 2. The minimum atomic E-state index is -0.173. The summed E-state index contributed by atoms with van der Waals surface area (Å²) in [6.45, 7) is 1.43. The van der Waals surface area contributed by atoms with Crippen LogP contribution in [-0.2, 0) is 11.3 Å². The van der Waals surface area contributed by atoms with Crippen LogP contribution < -0.4 is 14.8 Å². The van der Waals surface area contributed by atoms with Gasteiger partial charge in [0.05, 0.1) is 18.6 Å². The van der Waals surface area contributed by atoms with Gasteiger partial charge in [-0.2, -0.15) is 0 Å². The Hall–Kier alpha value is -3.43. The Labute approximate surface area is 198 Å². The second kappa shape index (κ2) is 9.60. The van der Waals surface area contributed by atoms with Crippen LogP contribution in [0.15, 0.2) is 70.4 Å². The summed E-state index contributed by atoms with van der Waals surface area (Å²) in [7, 11) is 0. The fraction of sp³-hybridized carbons (Fsp3) is 0.174. The van der Waals surface area contributed by atoms with Gasteiger partial charge in [-0.05, 0) is 36.4 Å². The van der Waals surface area contributed by atoms with Gasteiger partial charge in [0.25, 0.3) is 0 Å². The van der Waals surface area contributed by atoms with Gasteiger partial charge < -0.3 is 19.2 Å². The zero-order valence-electron chi connectivity index (χ0n) is 17.4. The third-order valence-corrected chi connectivity index (χ3v) is 6.05. The minimum absolute atomic E-state index is 0.153. The smallest absolute Gasteiger partial charge is 0.234 e. The maximum absolute atomic E-state index is 12.6. The number of nitrogens with zero attached hydrogens (tertiary/aromatic N) is 3. The lowest BCUT2D eigenvalue weighted by atomic mass is 10.2. The highest BCUT2D eigenvalue weighted by Gasteiger charge is 2.18. The highest BCUT2D eigenvalue weighted by atomic mass is 35.5. The fourth-order valence-corrected chi connectivity index (χ4v) is 4.31. The maximum atomic E-state index is 12.6. The molecule has 0 atom stereocenters. The van der Waals surface area contributed by atoms with Crippen molar-refractivity contribution in [1.82, 2.24) is 14.8 Å². The second-order valence-electron chi connectivity index (χ2n) is 7.18. The first-order valence-corrected chi connectivity index (χ1v) is 11.6. The lowest BCUT2D eigenvalue weighted by Crippen LogP contribution is -2.17. The Balaban J connectivity index is 1.32. The number of fused-ring (bicyclic) bond motifs is 1. The molecular weight excluding hydrogens is 464 g/mol. The molecule has 0 bridgehead atoms. The largest absolute Gasteiger partial charge is 0.486 e. The molecule has 0 spiro atoms. The summed E-state index contributed by atoms with van der Waals surface area (Å²) < 4.78 is 18.5. The lowest BCUT2D eigenvalue weighted by Gasteiger charge is -2.19. The van der Waals surface area contributed by atoms with Crippen molar-refractivity contribution >= 4 is 35.0 Å². The van der Waals surface area contributed by atoms with Gasteiger partial charge in [0.1, 0.15) is 19.0 Å². The number of aromatic nitrogens is 3. The number of hydrogen-bond acceptors (Lipinski definition) is 7. The highest BCUT2D eigenvalue weighted by Crippen LogP contribution is 2.33. The van der Waals surface area contributed by atoms with E-state index < -0.39 is 0 Å². The zero-order chi connectivity index (χ0) is 22.6. The molecule has 1 aliphatic heterocycles. The predicted molar refractivity (Wildman–Crippen MR) is 125 cm³/mol. The van der Waals surface area contributed by atoms with Crippen LogP contribution in [0.4, 0.5) is 5.69 Å². The third-order valence-electron chi connectivity index (χ3n) is 4.85. The Morgan fingerprint density at radius 3 is 2.76 bits per heavy atom. The van der Waals surface area contributed by atoms with Crippen molar-refractivity contribution in [3.63, 3.8) is 0 Å². The van der Waals surface area contributed by atoms with Crippen molar-refractivity contribution in [2.24, 2.45) is 0 Å². The summed E-state index contributed by atoms with van der Waals surface area (Å²) >= 11 is 7.46. The first-order valence-electron chi connectivity index (χ1n) is 10.2. The summed E-state index contributed by atoms with van der Waals surface area (Å²) in [5.41, 5.74) is 1.47. The van der Waals surface area contributed by atoms with Gasteiger partial charge in [-0.25, -0.2) is 0 Å². The summed E-state index contributed by atoms with van der Waals surface area (Å²) in [6.07, 6.45) is 1.62. The number of hydrogen-bond donors (Lipinski definition) is 1. The number of halogens is 1. The van der Waals surface area contributed by atoms with Crippen molar-refractivity contribution < 1.29 is 18.7 Å². The average Bonchev–Trinajstić information content (AvgIpc) is 3.48. The first-order chi connectivity index (χ1) is 16.2.